The molecule has 0 aromatic heterocycles. The molecule has 0 aliphatic heterocycles. The lowest BCUT2D eigenvalue weighted by atomic mass is 9.99. The van der Waals surface area contributed by atoms with Crippen LogP contribution in [0.2, 0.25) is 0 Å². The van der Waals surface area contributed by atoms with Crippen molar-refractivity contribution in [2.24, 2.45) is 5.92 Å². The van der Waals surface area contributed by atoms with E-state index >= 15 is 0 Å². The van der Waals surface area contributed by atoms with Gasteiger partial charge in [0.15, 0.2) is 0 Å². The van der Waals surface area contributed by atoms with Gasteiger partial charge in [-0.05, 0) is 59.6 Å². The molecule has 2 aromatic carbocycles. The Bertz CT molecular complexity index is 901. The summed E-state index contributed by atoms with van der Waals surface area (Å²) >= 11 is 0. The van der Waals surface area contributed by atoms with Crippen LogP contribution in [0.4, 0.5) is 13.2 Å². The molecule has 6 heteroatoms. The highest BCUT2D eigenvalue weighted by Crippen LogP contribution is 2.39. The molecule has 0 fully saturated rings. The topological polar surface area (TPSA) is 46.5 Å². The predicted molar refractivity (Wildman–Crippen MR) is 105 cm³/mol. The number of hydrogen-bond donors (Lipinski definition) is 1. The van der Waals surface area contributed by atoms with Gasteiger partial charge in [0.2, 0.25) is 0 Å². The minimum Gasteiger partial charge on any atom is -0.489 e. The third-order valence-corrected chi connectivity index (χ3v) is 5.32. The lowest BCUT2D eigenvalue weighted by Gasteiger charge is -2.17. The summed E-state index contributed by atoms with van der Waals surface area (Å²) < 4.78 is 46.0. The SMILES string of the molecule is CC1CCC(c2ccccc2)=C1COc1ccc(CCC(=O)O)c(C(F)(F)F)c1. The molecule has 1 atom stereocenters. The van der Waals surface area contributed by atoms with Gasteiger partial charge < -0.3 is 9.84 Å². The first-order valence-corrected chi connectivity index (χ1v) is 9.57. The number of rotatable bonds is 7. The number of carbonyl (C=O) groups is 1. The van der Waals surface area contributed by atoms with Crippen LogP contribution in [0.15, 0.2) is 54.1 Å². The molecule has 3 rings (SSSR count). The van der Waals surface area contributed by atoms with Gasteiger partial charge in [0.1, 0.15) is 12.4 Å². The Hall–Kier alpha value is -2.76. The first kappa shape index (κ1) is 21.0. The third-order valence-electron chi connectivity index (χ3n) is 5.32. The van der Waals surface area contributed by atoms with Crippen LogP contribution in [-0.2, 0) is 17.4 Å². The summed E-state index contributed by atoms with van der Waals surface area (Å²) in [5, 5.41) is 8.76. The number of carboxylic acids is 1. The average Bonchev–Trinajstić information content (AvgIpc) is 3.05. The largest absolute Gasteiger partial charge is 0.489 e. The molecule has 154 valence electrons. The van der Waals surface area contributed by atoms with Gasteiger partial charge in [0.25, 0.3) is 0 Å². The van der Waals surface area contributed by atoms with Crippen molar-refractivity contribution in [1.29, 1.82) is 0 Å². The Morgan fingerprint density at radius 1 is 1.17 bits per heavy atom. The molecule has 0 radical (unpaired) electrons. The van der Waals surface area contributed by atoms with Crippen LogP contribution in [-0.4, -0.2) is 17.7 Å². The van der Waals surface area contributed by atoms with E-state index in [2.05, 4.69) is 6.92 Å². The summed E-state index contributed by atoms with van der Waals surface area (Å²) in [6.07, 6.45) is -3.18. The Balaban J connectivity index is 1.82. The second kappa shape index (κ2) is 8.72. The van der Waals surface area contributed by atoms with E-state index < -0.39 is 17.7 Å². The van der Waals surface area contributed by atoms with E-state index in [0.29, 0.717) is 5.92 Å². The molecule has 0 spiro atoms. The third kappa shape index (κ3) is 5.19. The molecule has 0 saturated carbocycles. The standard InChI is InChI=1S/C23H23F3O3/c1-15-7-11-19(16-5-3-2-4-6-16)20(15)14-29-18-10-8-17(9-12-22(27)28)21(13-18)23(24,25)26/h2-6,8,10,13,15H,7,9,11-12,14H2,1H3,(H,27,28). The highest BCUT2D eigenvalue weighted by atomic mass is 19.4. The number of benzene rings is 2. The molecule has 0 heterocycles. The van der Waals surface area contributed by atoms with E-state index in [9.17, 15) is 18.0 Å². The van der Waals surface area contributed by atoms with Gasteiger partial charge in [-0.2, -0.15) is 13.2 Å². The van der Waals surface area contributed by atoms with Gasteiger partial charge in [-0.1, -0.05) is 43.3 Å². The zero-order valence-corrected chi connectivity index (χ0v) is 16.1. The van der Waals surface area contributed by atoms with E-state index in [-0.39, 0.29) is 30.8 Å². The summed E-state index contributed by atoms with van der Waals surface area (Å²) in [6, 6.07) is 13.7. The van der Waals surface area contributed by atoms with Crippen LogP contribution in [0, 0.1) is 5.92 Å². The molecule has 29 heavy (non-hydrogen) atoms. The highest BCUT2D eigenvalue weighted by Gasteiger charge is 2.34. The number of ether oxygens (including phenoxy) is 1. The second-order valence-corrected chi connectivity index (χ2v) is 7.31. The van der Waals surface area contributed by atoms with Crippen molar-refractivity contribution >= 4 is 11.5 Å². The summed E-state index contributed by atoms with van der Waals surface area (Å²) in [7, 11) is 0. The Morgan fingerprint density at radius 2 is 1.90 bits per heavy atom. The molecule has 2 aromatic rings. The number of aryl methyl sites for hydroxylation is 1. The van der Waals surface area contributed by atoms with Gasteiger partial charge in [-0.3, -0.25) is 4.79 Å². The maximum absolute atomic E-state index is 13.4. The van der Waals surface area contributed by atoms with Crippen LogP contribution >= 0.6 is 0 Å². The van der Waals surface area contributed by atoms with E-state index in [4.69, 9.17) is 9.84 Å². The molecule has 0 saturated heterocycles. The summed E-state index contributed by atoms with van der Waals surface area (Å²) in [5.74, 6) is -0.688. The molecule has 0 amide bonds. The normalized spacial score (nSPS) is 16.9. The molecule has 1 N–H and O–H groups in total. The molecule has 1 unspecified atom stereocenters. The zero-order chi connectivity index (χ0) is 21.0. The molecule has 0 bridgehead atoms. The minimum atomic E-state index is -4.57. The van der Waals surface area contributed by atoms with Crippen molar-refractivity contribution in [2.75, 3.05) is 6.61 Å². The van der Waals surface area contributed by atoms with Gasteiger partial charge in [-0.25, -0.2) is 0 Å². The van der Waals surface area contributed by atoms with E-state index in [1.807, 2.05) is 30.3 Å². The number of aliphatic carboxylic acids is 1. The first-order chi connectivity index (χ1) is 13.8. The fraction of sp³-hybridized carbons (Fsp3) is 0.348. The number of alkyl halides is 3. The fourth-order valence-electron chi connectivity index (χ4n) is 3.72. The van der Waals surface area contributed by atoms with Crippen molar-refractivity contribution in [2.45, 2.75) is 38.8 Å². The molecule has 3 nitrogen and oxygen atoms in total. The lowest BCUT2D eigenvalue weighted by Crippen LogP contribution is -2.12. The van der Waals surface area contributed by atoms with E-state index in [0.717, 1.165) is 30.0 Å². The summed E-state index contributed by atoms with van der Waals surface area (Å²) in [6.45, 7) is 2.34. The number of hydrogen-bond acceptors (Lipinski definition) is 2. The maximum Gasteiger partial charge on any atom is 0.416 e. The second-order valence-electron chi connectivity index (χ2n) is 7.31. The van der Waals surface area contributed by atoms with Crippen LogP contribution in [0.25, 0.3) is 5.57 Å². The quantitative estimate of drug-likeness (QED) is 0.617. The van der Waals surface area contributed by atoms with Crippen LogP contribution in [0.1, 0.15) is 42.9 Å². The maximum atomic E-state index is 13.4. The van der Waals surface area contributed by atoms with Gasteiger partial charge in [-0.15, -0.1) is 0 Å². The average molecular weight is 404 g/mol. The molecular weight excluding hydrogens is 381 g/mol. The number of allylic oxidation sites excluding steroid dienone is 1. The van der Waals surface area contributed by atoms with Crippen LogP contribution in [0.5, 0.6) is 5.75 Å². The molecule has 1 aliphatic rings. The Morgan fingerprint density at radius 3 is 2.55 bits per heavy atom. The van der Waals surface area contributed by atoms with Crippen molar-refractivity contribution in [1.82, 2.24) is 0 Å². The Kier molecular flexibility index (Phi) is 6.30. The van der Waals surface area contributed by atoms with Crippen molar-refractivity contribution in [3.63, 3.8) is 0 Å². The van der Waals surface area contributed by atoms with E-state index in [1.54, 1.807) is 0 Å². The zero-order valence-electron chi connectivity index (χ0n) is 16.1. The van der Waals surface area contributed by atoms with Gasteiger partial charge in [0.05, 0.1) is 5.56 Å². The van der Waals surface area contributed by atoms with Crippen molar-refractivity contribution in [3.05, 3.63) is 70.8 Å². The highest BCUT2D eigenvalue weighted by molar-refractivity contribution is 5.71. The van der Waals surface area contributed by atoms with Crippen molar-refractivity contribution in [3.8, 4) is 5.75 Å². The van der Waals surface area contributed by atoms with Gasteiger partial charge >= 0.3 is 12.1 Å². The van der Waals surface area contributed by atoms with Crippen LogP contribution in [0.3, 0.4) is 0 Å². The Labute approximate surface area is 167 Å². The molecular formula is C23H23F3O3. The monoisotopic (exact) mass is 404 g/mol. The van der Waals surface area contributed by atoms with E-state index in [1.165, 1.54) is 17.7 Å². The number of carboxylic acid groups (broad SMARTS) is 1. The van der Waals surface area contributed by atoms with Crippen LogP contribution < -0.4 is 4.74 Å². The minimum absolute atomic E-state index is 0.0364. The van der Waals surface area contributed by atoms with Crippen molar-refractivity contribution < 1.29 is 27.8 Å². The fourth-order valence-corrected chi connectivity index (χ4v) is 3.72. The molecule has 1 aliphatic carbocycles. The number of halogens is 3. The first-order valence-electron chi connectivity index (χ1n) is 9.57. The smallest absolute Gasteiger partial charge is 0.416 e. The summed E-state index contributed by atoms with van der Waals surface area (Å²) in [5.41, 5.74) is 2.56. The van der Waals surface area contributed by atoms with Gasteiger partial charge in [0, 0.05) is 6.42 Å². The predicted octanol–water partition coefficient (Wildman–Crippen LogP) is 5.99. The summed E-state index contributed by atoms with van der Waals surface area (Å²) in [4.78, 5) is 10.7. The lowest BCUT2D eigenvalue weighted by molar-refractivity contribution is -0.140.